The summed E-state index contributed by atoms with van der Waals surface area (Å²) in [7, 11) is 1.49. The number of hydrogen-bond acceptors (Lipinski definition) is 3. The smallest absolute Gasteiger partial charge is 0.387 e. The first-order valence-electron chi connectivity index (χ1n) is 5.94. The van der Waals surface area contributed by atoms with Crippen molar-refractivity contribution in [2.75, 3.05) is 7.11 Å². The third-order valence-electron chi connectivity index (χ3n) is 2.76. The first kappa shape index (κ1) is 15.3. The highest BCUT2D eigenvalue weighted by molar-refractivity contribution is 6.35. The van der Waals surface area contributed by atoms with Gasteiger partial charge in [-0.3, -0.25) is 4.79 Å². The third-order valence-corrected chi connectivity index (χ3v) is 3.08. The molecule has 0 aliphatic carbocycles. The van der Waals surface area contributed by atoms with Gasteiger partial charge in [-0.05, 0) is 42.5 Å². The Balaban J connectivity index is 2.23. The molecule has 0 bridgehead atoms. The van der Waals surface area contributed by atoms with E-state index in [9.17, 15) is 13.6 Å². The van der Waals surface area contributed by atoms with Crippen LogP contribution in [0.3, 0.4) is 0 Å². The van der Waals surface area contributed by atoms with Crippen LogP contribution in [0.5, 0.6) is 11.5 Å². The van der Waals surface area contributed by atoms with E-state index in [0.717, 1.165) is 0 Å². The van der Waals surface area contributed by atoms with Crippen LogP contribution >= 0.6 is 11.6 Å². The van der Waals surface area contributed by atoms with Gasteiger partial charge in [-0.15, -0.1) is 0 Å². The van der Waals surface area contributed by atoms with Crippen molar-refractivity contribution in [3.8, 4) is 11.5 Å². The predicted octanol–water partition coefficient (Wildman–Crippen LogP) is 4.18. The van der Waals surface area contributed by atoms with Crippen molar-refractivity contribution in [1.29, 1.82) is 0 Å². The van der Waals surface area contributed by atoms with Crippen molar-refractivity contribution < 1.29 is 23.0 Å². The molecule has 0 aromatic heterocycles. The Labute approximate surface area is 125 Å². The molecule has 2 aromatic rings. The van der Waals surface area contributed by atoms with Gasteiger partial charge < -0.3 is 9.47 Å². The van der Waals surface area contributed by atoms with Crippen LogP contribution in [0.25, 0.3) is 0 Å². The van der Waals surface area contributed by atoms with E-state index in [1.165, 1.54) is 37.4 Å². The van der Waals surface area contributed by atoms with Gasteiger partial charge in [-0.2, -0.15) is 8.78 Å². The predicted molar refractivity (Wildman–Crippen MR) is 74.5 cm³/mol. The zero-order chi connectivity index (χ0) is 15.4. The fraction of sp³-hybridized carbons (Fsp3) is 0.133. The standard InChI is InChI=1S/C15H11ClF2O3/c1-20-11-6-7-12(13(16)8-11)14(19)9-2-4-10(5-3-9)21-15(17)18/h2-8,15H,1H3. The minimum absolute atomic E-state index is 0.0117. The van der Waals surface area contributed by atoms with Gasteiger partial charge in [0.25, 0.3) is 0 Å². The molecule has 3 nitrogen and oxygen atoms in total. The average Bonchev–Trinajstić information content (AvgIpc) is 2.46. The molecule has 0 fully saturated rings. The summed E-state index contributed by atoms with van der Waals surface area (Å²) >= 11 is 6.03. The number of benzene rings is 2. The number of alkyl halides is 2. The second kappa shape index (κ2) is 6.54. The van der Waals surface area contributed by atoms with Gasteiger partial charge >= 0.3 is 6.61 Å². The lowest BCUT2D eigenvalue weighted by atomic mass is 10.0. The maximum absolute atomic E-state index is 12.3. The maximum atomic E-state index is 12.3. The molecule has 0 heterocycles. The zero-order valence-electron chi connectivity index (χ0n) is 11.0. The highest BCUT2D eigenvalue weighted by atomic mass is 35.5. The number of hydrogen-bond donors (Lipinski definition) is 0. The van der Waals surface area contributed by atoms with Crippen molar-refractivity contribution in [2.24, 2.45) is 0 Å². The molecule has 2 aromatic carbocycles. The second-order valence-electron chi connectivity index (χ2n) is 4.08. The zero-order valence-corrected chi connectivity index (χ0v) is 11.7. The van der Waals surface area contributed by atoms with Crippen LogP contribution in [-0.4, -0.2) is 19.5 Å². The third kappa shape index (κ3) is 3.70. The molecule has 6 heteroatoms. The lowest BCUT2D eigenvalue weighted by Crippen LogP contribution is -2.04. The van der Waals surface area contributed by atoms with Crippen LogP contribution in [0.4, 0.5) is 8.78 Å². The lowest BCUT2D eigenvalue weighted by molar-refractivity contribution is -0.0498. The summed E-state index contributed by atoms with van der Waals surface area (Å²) in [4.78, 5) is 12.3. The van der Waals surface area contributed by atoms with E-state index in [2.05, 4.69) is 4.74 Å². The highest BCUT2D eigenvalue weighted by Crippen LogP contribution is 2.25. The summed E-state index contributed by atoms with van der Waals surface area (Å²) in [6.45, 7) is -2.90. The number of halogens is 3. The molecule has 0 radical (unpaired) electrons. The van der Waals surface area contributed by atoms with Gasteiger partial charge in [0.05, 0.1) is 12.1 Å². The first-order chi connectivity index (χ1) is 10.0. The van der Waals surface area contributed by atoms with Crippen LogP contribution in [0.2, 0.25) is 5.02 Å². The summed E-state index contributed by atoms with van der Waals surface area (Å²) in [5, 5.41) is 0.257. The fourth-order valence-electron chi connectivity index (χ4n) is 1.75. The number of carbonyl (C=O) groups is 1. The van der Waals surface area contributed by atoms with Crippen molar-refractivity contribution >= 4 is 17.4 Å². The van der Waals surface area contributed by atoms with Crippen molar-refractivity contribution in [2.45, 2.75) is 6.61 Å². The molecule has 0 aliphatic rings. The fourth-order valence-corrected chi connectivity index (χ4v) is 2.01. The number of carbonyl (C=O) groups excluding carboxylic acids is 1. The Hall–Kier alpha value is -2.14. The van der Waals surface area contributed by atoms with Crippen molar-refractivity contribution in [1.82, 2.24) is 0 Å². The van der Waals surface area contributed by atoms with Crippen LogP contribution in [0.1, 0.15) is 15.9 Å². The monoisotopic (exact) mass is 312 g/mol. The molecular formula is C15H11ClF2O3. The van der Waals surface area contributed by atoms with E-state index < -0.39 is 6.61 Å². The van der Waals surface area contributed by atoms with Gasteiger partial charge in [-0.25, -0.2) is 0 Å². The van der Waals surface area contributed by atoms with E-state index in [0.29, 0.717) is 16.9 Å². The number of ether oxygens (including phenoxy) is 2. The first-order valence-corrected chi connectivity index (χ1v) is 6.32. The van der Waals surface area contributed by atoms with Gasteiger partial charge in [0, 0.05) is 11.1 Å². The Bertz CT molecular complexity index is 642. The normalized spacial score (nSPS) is 10.5. The Morgan fingerprint density at radius 3 is 2.24 bits per heavy atom. The lowest BCUT2D eigenvalue weighted by Gasteiger charge is -2.07. The van der Waals surface area contributed by atoms with E-state index in [1.54, 1.807) is 12.1 Å². The van der Waals surface area contributed by atoms with Crippen LogP contribution in [0.15, 0.2) is 42.5 Å². The molecule has 0 unspecified atom stereocenters. The van der Waals surface area contributed by atoms with E-state index in [-0.39, 0.29) is 16.6 Å². The van der Waals surface area contributed by atoms with Gasteiger partial charge in [0.2, 0.25) is 0 Å². The Morgan fingerprint density at radius 2 is 1.71 bits per heavy atom. The van der Waals surface area contributed by atoms with Gasteiger partial charge in [0.1, 0.15) is 11.5 Å². The summed E-state index contributed by atoms with van der Waals surface area (Å²) in [5.74, 6) is 0.214. The molecule has 0 saturated carbocycles. The number of methoxy groups -OCH3 is 1. The number of rotatable bonds is 5. The van der Waals surface area contributed by atoms with Crippen molar-refractivity contribution in [3.05, 3.63) is 58.6 Å². The summed E-state index contributed by atoms with van der Waals surface area (Å²) in [5.41, 5.74) is 0.628. The quantitative estimate of drug-likeness (QED) is 0.777. The van der Waals surface area contributed by atoms with Gasteiger partial charge in [-0.1, -0.05) is 11.6 Å². The minimum Gasteiger partial charge on any atom is -0.497 e. The molecule has 110 valence electrons. The molecular weight excluding hydrogens is 302 g/mol. The molecule has 21 heavy (non-hydrogen) atoms. The van der Waals surface area contributed by atoms with Crippen LogP contribution in [-0.2, 0) is 0 Å². The molecule has 2 rings (SSSR count). The van der Waals surface area contributed by atoms with Crippen LogP contribution in [0, 0.1) is 0 Å². The topological polar surface area (TPSA) is 35.5 Å². The highest BCUT2D eigenvalue weighted by Gasteiger charge is 2.14. The average molecular weight is 313 g/mol. The maximum Gasteiger partial charge on any atom is 0.387 e. The minimum atomic E-state index is -2.90. The summed E-state index contributed by atoms with van der Waals surface area (Å²) < 4.78 is 33.3. The van der Waals surface area contributed by atoms with E-state index in [1.807, 2.05) is 0 Å². The SMILES string of the molecule is COc1ccc(C(=O)c2ccc(OC(F)F)cc2)c(Cl)c1. The molecule has 0 spiro atoms. The number of ketones is 1. The van der Waals surface area contributed by atoms with Crippen molar-refractivity contribution in [3.63, 3.8) is 0 Å². The summed E-state index contributed by atoms with van der Waals surface area (Å²) in [6, 6.07) is 10.1. The largest absolute Gasteiger partial charge is 0.497 e. The molecule has 0 atom stereocenters. The Kier molecular flexibility index (Phi) is 4.75. The van der Waals surface area contributed by atoms with Gasteiger partial charge in [0.15, 0.2) is 5.78 Å². The second-order valence-corrected chi connectivity index (χ2v) is 4.48. The molecule has 0 saturated heterocycles. The Morgan fingerprint density at radius 1 is 1.10 bits per heavy atom. The van der Waals surface area contributed by atoms with E-state index >= 15 is 0 Å². The summed E-state index contributed by atoms with van der Waals surface area (Å²) in [6.07, 6.45) is 0. The molecule has 0 amide bonds. The molecule has 0 aliphatic heterocycles. The molecule has 0 N–H and O–H groups in total. The van der Waals surface area contributed by atoms with E-state index in [4.69, 9.17) is 16.3 Å². The van der Waals surface area contributed by atoms with Crippen LogP contribution < -0.4 is 9.47 Å².